The highest BCUT2D eigenvalue weighted by Gasteiger charge is 2.07. The second-order valence-electron chi connectivity index (χ2n) is 4.69. The predicted molar refractivity (Wildman–Crippen MR) is 83.8 cm³/mol. The molecule has 0 saturated carbocycles. The fraction of sp³-hybridized carbons (Fsp3) is 0.167. The van der Waals surface area contributed by atoms with E-state index in [2.05, 4.69) is 0 Å². The van der Waals surface area contributed by atoms with Gasteiger partial charge in [0, 0.05) is 5.56 Å². The van der Waals surface area contributed by atoms with Gasteiger partial charge >= 0.3 is 0 Å². The SMILES string of the molecule is CCOc1ccc(C)cc1/C=C/C(=O)c1ccccc1O. The molecule has 0 atom stereocenters. The van der Waals surface area contributed by atoms with Crippen LogP contribution in [0.2, 0.25) is 0 Å². The number of aromatic hydroxyl groups is 1. The zero-order valence-electron chi connectivity index (χ0n) is 12.2. The van der Waals surface area contributed by atoms with E-state index < -0.39 is 0 Å². The highest BCUT2D eigenvalue weighted by atomic mass is 16.5. The number of allylic oxidation sites excluding steroid dienone is 1. The minimum absolute atomic E-state index is 0.0126. The maximum absolute atomic E-state index is 12.1. The number of phenols is 1. The first kappa shape index (κ1) is 14.9. The molecule has 2 aromatic carbocycles. The number of aryl methyl sites for hydroxylation is 1. The van der Waals surface area contributed by atoms with Crippen molar-refractivity contribution in [2.45, 2.75) is 13.8 Å². The molecule has 21 heavy (non-hydrogen) atoms. The summed E-state index contributed by atoms with van der Waals surface area (Å²) in [7, 11) is 0. The van der Waals surface area contributed by atoms with Crippen LogP contribution in [-0.2, 0) is 0 Å². The minimum Gasteiger partial charge on any atom is -0.507 e. The molecule has 0 radical (unpaired) electrons. The van der Waals surface area contributed by atoms with E-state index in [0.717, 1.165) is 16.9 Å². The largest absolute Gasteiger partial charge is 0.507 e. The van der Waals surface area contributed by atoms with Gasteiger partial charge < -0.3 is 9.84 Å². The van der Waals surface area contributed by atoms with Crippen LogP contribution in [-0.4, -0.2) is 17.5 Å². The summed E-state index contributed by atoms with van der Waals surface area (Å²) in [5.41, 5.74) is 2.23. The van der Waals surface area contributed by atoms with Crippen LogP contribution in [0.1, 0.15) is 28.4 Å². The average molecular weight is 282 g/mol. The van der Waals surface area contributed by atoms with Gasteiger partial charge in [-0.25, -0.2) is 0 Å². The first-order valence-corrected chi connectivity index (χ1v) is 6.85. The average Bonchev–Trinajstić information content (AvgIpc) is 2.48. The molecule has 0 amide bonds. The lowest BCUT2D eigenvalue weighted by atomic mass is 10.1. The summed E-state index contributed by atoms with van der Waals surface area (Å²) in [6.07, 6.45) is 3.17. The number of hydrogen-bond acceptors (Lipinski definition) is 3. The molecule has 0 aliphatic rings. The first-order chi connectivity index (χ1) is 10.1. The summed E-state index contributed by atoms with van der Waals surface area (Å²) < 4.78 is 5.54. The molecule has 3 nitrogen and oxygen atoms in total. The van der Waals surface area contributed by atoms with Crippen molar-refractivity contribution in [3.63, 3.8) is 0 Å². The standard InChI is InChI=1S/C18H18O3/c1-3-21-18-11-8-13(2)12-14(18)9-10-17(20)15-6-4-5-7-16(15)19/h4-12,19H,3H2,1-2H3/b10-9+. The van der Waals surface area contributed by atoms with E-state index in [1.807, 2.05) is 32.0 Å². The highest BCUT2D eigenvalue weighted by Crippen LogP contribution is 2.23. The Morgan fingerprint density at radius 1 is 1.24 bits per heavy atom. The molecule has 0 aliphatic carbocycles. The molecule has 0 bridgehead atoms. The van der Waals surface area contributed by atoms with Gasteiger partial charge in [-0.3, -0.25) is 4.79 Å². The molecule has 0 spiro atoms. The van der Waals surface area contributed by atoms with Crippen LogP contribution in [0.4, 0.5) is 0 Å². The zero-order valence-corrected chi connectivity index (χ0v) is 12.2. The van der Waals surface area contributed by atoms with Crippen LogP contribution in [0.15, 0.2) is 48.5 Å². The second kappa shape index (κ2) is 6.75. The molecule has 3 heteroatoms. The third-order valence-electron chi connectivity index (χ3n) is 3.05. The predicted octanol–water partition coefficient (Wildman–Crippen LogP) is 4.00. The lowest BCUT2D eigenvalue weighted by Crippen LogP contribution is -1.96. The first-order valence-electron chi connectivity index (χ1n) is 6.85. The maximum Gasteiger partial charge on any atom is 0.189 e. The van der Waals surface area contributed by atoms with Crippen LogP contribution in [0.25, 0.3) is 6.08 Å². The van der Waals surface area contributed by atoms with Crippen LogP contribution >= 0.6 is 0 Å². The Morgan fingerprint density at radius 2 is 2.00 bits per heavy atom. The van der Waals surface area contributed by atoms with Gasteiger partial charge in [0.25, 0.3) is 0 Å². The number of rotatable bonds is 5. The molecular weight excluding hydrogens is 264 g/mol. The van der Waals surface area contributed by atoms with E-state index in [9.17, 15) is 9.90 Å². The van der Waals surface area contributed by atoms with E-state index in [1.165, 1.54) is 12.1 Å². The van der Waals surface area contributed by atoms with Gasteiger partial charge in [-0.05, 0) is 50.3 Å². The highest BCUT2D eigenvalue weighted by molar-refractivity contribution is 6.08. The topological polar surface area (TPSA) is 46.5 Å². The Balaban J connectivity index is 2.27. The van der Waals surface area contributed by atoms with Crippen molar-refractivity contribution in [2.75, 3.05) is 6.61 Å². The molecule has 108 valence electrons. The number of para-hydroxylation sites is 1. The molecule has 0 fully saturated rings. The third kappa shape index (κ3) is 3.72. The van der Waals surface area contributed by atoms with Crippen molar-refractivity contribution < 1.29 is 14.6 Å². The van der Waals surface area contributed by atoms with Crippen molar-refractivity contribution in [3.05, 3.63) is 65.2 Å². The van der Waals surface area contributed by atoms with Gasteiger partial charge in [0.1, 0.15) is 11.5 Å². The monoisotopic (exact) mass is 282 g/mol. The van der Waals surface area contributed by atoms with Crippen LogP contribution in [0.3, 0.4) is 0 Å². The second-order valence-corrected chi connectivity index (χ2v) is 4.69. The molecule has 2 aromatic rings. The number of carbonyl (C=O) groups excluding carboxylic acids is 1. The molecule has 0 unspecified atom stereocenters. The molecule has 0 aromatic heterocycles. The van der Waals surface area contributed by atoms with Crippen molar-refractivity contribution in [1.82, 2.24) is 0 Å². The summed E-state index contributed by atoms with van der Waals surface area (Å²) in [5, 5.41) is 9.68. The quantitative estimate of drug-likeness (QED) is 0.666. The van der Waals surface area contributed by atoms with Crippen molar-refractivity contribution in [1.29, 1.82) is 0 Å². The van der Waals surface area contributed by atoms with Crippen LogP contribution < -0.4 is 4.74 Å². The molecule has 1 N–H and O–H groups in total. The number of ether oxygens (including phenoxy) is 1. The lowest BCUT2D eigenvalue weighted by Gasteiger charge is -2.08. The summed E-state index contributed by atoms with van der Waals surface area (Å²) >= 11 is 0. The third-order valence-corrected chi connectivity index (χ3v) is 3.05. The van der Waals surface area contributed by atoms with Gasteiger partial charge in [-0.15, -0.1) is 0 Å². The number of hydrogen-bond donors (Lipinski definition) is 1. The fourth-order valence-corrected chi connectivity index (χ4v) is 2.02. The molecule has 0 heterocycles. The van der Waals surface area contributed by atoms with Crippen LogP contribution in [0, 0.1) is 6.92 Å². The van der Waals surface area contributed by atoms with Gasteiger partial charge in [-0.1, -0.05) is 23.8 Å². The molecular formula is C18H18O3. The van der Waals surface area contributed by atoms with Gasteiger partial charge in [0.15, 0.2) is 5.78 Å². The van der Waals surface area contributed by atoms with Crippen molar-refractivity contribution in [3.8, 4) is 11.5 Å². The fourth-order valence-electron chi connectivity index (χ4n) is 2.02. The van der Waals surface area contributed by atoms with E-state index in [0.29, 0.717) is 12.2 Å². The van der Waals surface area contributed by atoms with E-state index in [1.54, 1.807) is 24.3 Å². The molecule has 0 aliphatic heterocycles. The summed E-state index contributed by atoms with van der Waals surface area (Å²) in [6, 6.07) is 12.3. The van der Waals surface area contributed by atoms with Gasteiger partial charge in [0.05, 0.1) is 12.2 Å². The minimum atomic E-state index is -0.239. The molecule has 2 rings (SSSR count). The summed E-state index contributed by atoms with van der Waals surface area (Å²) in [4.78, 5) is 12.1. The Hall–Kier alpha value is -2.55. The van der Waals surface area contributed by atoms with Gasteiger partial charge in [-0.2, -0.15) is 0 Å². The van der Waals surface area contributed by atoms with Gasteiger partial charge in [0.2, 0.25) is 0 Å². The van der Waals surface area contributed by atoms with E-state index in [4.69, 9.17) is 4.74 Å². The number of benzene rings is 2. The number of phenolic OH excluding ortho intramolecular Hbond substituents is 1. The Morgan fingerprint density at radius 3 is 2.71 bits per heavy atom. The van der Waals surface area contributed by atoms with Crippen LogP contribution in [0.5, 0.6) is 11.5 Å². The lowest BCUT2D eigenvalue weighted by molar-refractivity contribution is 0.104. The Labute approximate surface area is 124 Å². The number of ketones is 1. The summed E-state index contributed by atoms with van der Waals surface area (Å²) in [5.74, 6) is 0.489. The zero-order chi connectivity index (χ0) is 15.2. The van der Waals surface area contributed by atoms with E-state index in [-0.39, 0.29) is 11.5 Å². The van der Waals surface area contributed by atoms with Crippen molar-refractivity contribution in [2.24, 2.45) is 0 Å². The normalized spacial score (nSPS) is 10.8. The summed E-state index contributed by atoms with van der Waals surface area (Å²) in [6.45, 7) is 4.47. The van der Waals surface area contributed by atoms with Crippen molar-refractivity contribution >= 4 is 11.9 Å². The maximum atomic E-state index is 12.1. The number of carbonyl (C=O) groups is 1. The Bertz CT molecular complexity index is 672. The molecule has 0 saturated heterocycles. The Kier molecular flexibility index (Phi) is 4.77. The smallest absolute Gasteiger partial charge is 0.189 e. The van der Waals surface area contributed by atoms with E-state index >= 15 is 0 Å².